The lowest BCUT2D eigenvalue weighted by atomic mass is 10.1. The first-order valence-corrected chi connectivity index (χ1v) is 8.34. The maximum Gasteiger partial charge on any atom is 0.256 e. The predicted molar refractivity (Wildman–Crippen MR) is 92.8 cm³/mol. The zero-order chi connectivity index (χ0) is 17.7. The summed E-state index contributed by atoms with van der Waals surface area (Å²) in [4.78, 5) is 26.9. The molecule has 6 heteroatoms. The summed E-state index contributed by atoms with van der Waals surface area (Å²) in [5, 5.41) is 2.83. The van der Waals surface area contributed by atoms with Gasteiger partial charge in [-0.2, -0.15) is 0 Å². The van der Waals surface area contributed by atoms with Gasteiger partial charge >= 0.3 is 0 Å². The van der Waals surface area contributed by atoms with Crippen molar-refractivity contribution >= 4 is 17.5 Å². The van der Waals surface area contributed by atoms with E-state index in [0.717, 1.165) is 32.4 Å². The topological polar surface area (TPSA) is 67.9 Å². The van der Waals surface area contributed by atoms with Crippen molar-refractivity contribution in [3.8, 4) is 11.5 Å². The quantitative estimate of drug-likeness (QED) is 0.899. The van der Waals surface area contributed by atoms with Gasteiger partial charge in [0.1, 0.15) is 0 Å². The number of piperidine rings is 1. The Labute approximate surface area is 143 Å². The molecule has 1 fully saturated rings. The number of likely N-dealkylation sites (tertiary alicyclic amines) is 1. The van der Waals surface area contributed by atoms with E-state index in [0.29, 0.717) is 22.7 Å². The minimum Gasteiger partial charge on any atom is -0.493 e. The number of anilines is 1. The summed E-state index contributed by atoms with van der Waals surface area (Å²) in [6.07, 6.45) is 3.16. The van der Waals surface area contributed by atoms with Gasteiger partial charge in [0.05, 0.1) is 25.5 Å². The number of carbonyl (C=O) groups is 2. The molecular weight excluding hydrogens is 308 g/mol. The van der Waals surface area contributed by atoms with Crippen LogP contribution >= 0.6 is 0 Å². The van der Waals surface area contributed by atoms with Crippen molar-refractivity contribution in [1.82, 2.24) is 4.90 Å². The highest BCUT2D eigenvalue weighted by Crippen LogP contribution is 2.34. The van der Waals surface area contributed by atoms with Gasteiger partial charge in [-0.25, -0.2) is 0 Å². The highest BCUT2D eigenvalue weighted by molar-refractivity contribution is 6.05. The summed E-state index contributed by atoms with van der Waals surface area (Å²) in [5.41, 5.74) is 0.894. The third kappa shape index (κ3) is 3.99. The van der Waals surface area contributed by atoms with Crippen LogP contribution in [0.2, 0.25) is 0 Å². The van der Waals surface area contributed by atoms with Gasteiger partial charge in [0.15, 0.2) is 11.5 Å². The van der Waals surface area contributed by atoms with Gasteiger partial charge in [-0.05, 0) is 25.3 Å². The smallest absolute Gasteiger partial charge is 0.256 e. The van der Waals surface area contributed by atoms with Crippen LogP contribution in [0.3, 0.4) is 0 Å². The zero-order valence-electron chi connectivity index (χ0n) is 14.8. The van der Waals surface area contributed by atoms with Crippen molar-refractivity contribution in [3.63, 3.8) is 0 Å². The number of carbonyl (C=O) groups excluding carboxylic acids is 2. The normalized spacial score (nSPS) is 14.5. The maximum absolute atomic E-state index is 12.9. The molecule has 1 N–H and O–H groups in total. The van der Waals surface area contributed by atoms with Crippen molar-refractivity contribution in [2.75, 3.05) is 32.6 Å². The SMILES string of the molecule is COc1cc(NC(=O)C(C)C)c(C(=O)N2CCCCC2)cc1OC. The van der Waals surface area contributed by atoms with Crippen LogP contribution < -0.4 is 14.8 Å². The summed E-state index contributed by atoms with van der Waals surface area (Å²) in [6, 6.07) is 3.29. The molecule has 0 atom stereocenters. The number of ether oxygens (including phenoxy) is 2. The first-order chi connectivity index (χ1) is 11.5. The molecule has 6 nitrogen and oxygen atoms in total. The van der Waals surface area contributed by atoms with E-state index < -0.39 is 0 Å². The van der Waals surface area contributed by atoms with Gasteiger partial charge in [0.25, 0.3) is 5.91 Å². The maximum atomic E-state index is 12.9. The molecule has 1 aliphatic rings. The third-order valence-electron chi connectivity index (χ3n) is 4.18. The summed E-state index contributed by atoms with van der Waals surface area (Å²) in [7, 11) is 3.05. The molecule has 1 saturated heterocycles. The molecule has 0 aromatic heterocycles. The van der Waals surface area contributed by atoms with Crippen LogP contribution in [0.15, 0.2) is 12.1 Å². The molecule has 0 saturated carbocycles. The summed E-state index contributed by atoms with van der Waals surface area (Å²) < 4.78 is 10.6. The van der Waals surface area contributed by atoms with Gasteiger partial charge < -0.3 is 19.7 Å². The summed E-state index contributed by atoms with van der Waals surface area (Å²) in [5.74, 6) is 0.535. The summed E-state index contributed by atoms with van der Waals surface area (Å²) >= 11 is 0. The number of amides is 2. The van der Waals surface area contributed by atoms with Crippen molar-refractivity contribution in [1.29, 1.82) is 0 Å². The Morgan fingerprint density at radius 3 is 2.17 bits per heavy atom. The average Bonchev–Trinajstić information content (AvgIpc) is 2.61. The van der Waals surface area contributed by atoms with Crippen molar-refractivity contribution in [2.24, 2.45) is 5.92 Å². The Balaban J connectivity index is 2.41. The first kappa shape index (κ1) is 18.1. The van der Waals surface area contributed by atoms with Crippen LogP contribution in [0.25, 0.3) is 0 Å². The Hall–Kier alpha value is -2.24. The van der Waals surface area contributed by atoms with E-state index in [1.54, 1.807) is 12.1 Å². The Kier molecular flexibility index (Phi) is 6.06. The minimum absolute atomic E-state index is 0.0882. The average molecular weight is 334 g/mol. The molecule has 2 amide bonds. The molecule has 0 unspecified atom stereocenters. The van der Waals surface area contributed by atoms with Crippen LogP contribution in [-0.4, -0.2) is 44.0 Å². The van der Waals surface area contributed by atoms with Crippen molar-refractivity contribution in [2.45, 2.75) is 33.1 Å². The van der Waals surface area contributed by atoms with Gasteiger partial charge in [-0.1, -0.05) is 13.8 Å². The van der Waals surface area contributed by atoms with Crippen LogP contribution in [0.4, 0.5) is 5.69 Å². The van der Waals surface area contributed by atoms with E-state index in [2.05, 4.69) is 5.32 Å². The van der Waals surface area contributed by atoms with E-state index in [1.807, 2.05) is 18.7 Å². The molecule has 1 heterocycles. The van der Waals surface area contributed by atoms with E-state index in [9.17, 15) is 9.59 Å². The molecule has 2 rings (SSSR count). The van der Waals surface area contributed by atoms with Gasteiger partial charge in [-0.3, -0.25) is 9.59 Å². The fraction of sp³-hybridized carbons (Fsp3) is 0.556. The van der Waals surface area contributed by atoms with Crippen LogP contribution in [0, 0.1) is 5.92 Å². The zero-order valence-corrected chi connectivity index (χ0v) is 14.8. The van der Waals surface area contributed by atoms with Gasteiger partial charge in [0.2, 0.25) is 5.91 Å². The number of nitrogens with zero attached hydrogens (tertiary/aromatic N) is 1. The lowest BCUT2D eigenvalue weighted by molar-refractivity contribution is -0.118. The molecule has 132 valence electrons. The third-order valence-corrected chi connectivity index (χ3v) is 4.18. The van der Waals surface area contributed by atoms with Crippen molar-refractivity contribution < 1.29 is 19.1 Å². The molecule has 1 aliphatic heterocycles. The highest BCUT2D eigenvalue weighted by Gasteiger charge is 2.24. The fourth-order valence-electron chi connectivity index (χ4n) is 2.70. The molecule has 0 spiro atoms. The Morgan fingerprint density at radius 1 is 1.04 bits per heavy atom. The fourth-order valence-corrected chi connectivity index (χ4v) is 2.70. The van der Waals surface area contributed by atoms with Crippen LogP contribution in [0.5, 0.6) is 11.5 Å². The van der Waals surface area contributed by atoms with Gasteiger partial charge in [-0.15, -0.1) is 0 Å². The number of benzene rings is 1. The molecular formula is C18H26N2O4. The summed E-state index contributed by atoms with van der Waals surface area (Å²) in [6.45, 7) is 5.10. The second-order valence-electron chi connectivity index (χ2n) is 6.25. The number of methoxy groups -OCH3 is 2. The molecule has 0 radical (unpaired) electrons. The van der Waals surface area contributed by atoms with Gasteiger partial charge in [0, 0.05) is 25.1 Å². The Morgan fingerprint density at radius 2 is 1.62 bits per heavy atom. The largest absolute Gasteiger partial charge is 0.493 e. The first-order valence-electron chi connectivity index (χ1n) is 8.34. The van der Waals surface area contributed by atoms with E-state index >= 15 is 0 Å². The van der Waals surface area contributed by atoms with E-state index in [4.69, 9.17) is 9.47 Å². The molecule has 0 bridgehead atoms. The molecule has 1 aromatic rings. The molecule has 24 heavy (non-hydrogen) atoms. The number of rotatable bonds is 5. The second kappa shape index (κ2) is 8.04. The van der Waals surface area contributed by atoms with Crippen molar-refractivity contribution in [3.05, 3.63) is 17.7 Å². The monoisotopic (exact) mass is 334 g/mol. The lowest BCUT2D eigenvalue weighted by Crippen LogP contribution is -2.36. The predicted octanol–water partition coefficient (Wildman–Crippen LogP) is 2.92. The lowest BCUT2D eigenvalue weighted by Gasteiger charge is -2.28. The standard InChI is InChI=1S/C18H26N2O4/c1-12(2)17(21)19-14-11-16(24-4)15(23-3)10-13(14)18(22)20-8-6-5-7-9-20/h10-12H,5-9H2,1-4H3,(H,19,21). The number of nitrogens with one attached hydrogen (secondary N) is 1. The molecule has 1 aromatic carbocycles. The molecule has 0 aliphatic carbocycles. The number of hydrogen-bond donors (Lipinski definition) is 1. The minimum atomic E-state index is -0.184. The van der Waals surface area contributed by atoms with E-state index in [1.165, 1.54) is 14.2 Å². The van der Waals surface area contributed by atoms with E-state index in [-0.39, 0.29) is 17.7 Å². The number of hydrogen-bond acceptors (Lipinski definition) is 4. The van der Waals surface area contributed by atoms with Crippen LogP contribution in [-0.2, 0) is 4.79 Å². The highest BCUT2D eigenvalue weighted by atomic mass is 16.5. The van der Waals surface area contributed by atoms with Crippen LogP contribution in [0.1, 0.15) is 43.5 Å². The Bertz CT molecular complexity index is 607. The second-order valence-corrected chi connectivity index (χ2v) is 6.25.